The molecule has 3 heterocycles. The first-order valence-electron chi connectivity index (χ1n) is 5.46. The second-order valence-electron chi connectivity index (χ2n) is 4.43. The summed E-state index contributed by atoms with van der Waals surface area (Å²) < 4.78 is 67.5. The van der Waals surface area contributed by atoms with E-state index in [9.17, 15) is 31.8 Å². The molecule has 0 aliphatic carbocycles. The quantitative estimate of drug-likeness (QED) is 0.793. The van der Waals surface area contributed by atoms with E-state index in [1.54, 1.807) is 0 Å². The third-order valence-corrected chi connectivity index (χ3v) is 4.19. The summed E-state index contributed by atoms with van der Waals surface area (Å²) in [5.74, 6) is -1.81. The van der Waals surface area contributed by atoms with Gasteiger partial charge in [-0.3, -0.25) is 4.28 Å². The molecule has 2 atom stereocenters. The lowest BCUT2D eigenvalue weighted by atomic mass is 9.95. The molecule has 1 aromatic rings. The minimum absolute atomic E-state index is 0.0659. The van der Waals surface area contributed by atoms with E-state index in [1.807, 2.05) is 0 Å². The molecule has 20 heavy (non-hydrogen) atoms. The first-order valence-corrected chi connectivity index (χ1v) is 6.87. The highest BCUT2D eigenvalue weighted by Crippen LogP contribution is 2.57. The van der Waals surface area contributed by atoms with Crippen molar-refractivity contribution in [1.29, 1.82) is 0 Å². The predicted octanol–water partition coefficient (Wildman–Crippen LogP) is 1.08. The van der Waals surface area contributed by atoms with Crippen molar-refractivity contribution in [3.05, 3.63) is 11.1 Å². The van der Waals surface area contributed by atoms with Gasteiger partial charge in [-0.25, -0.2) is 0 Å². The van der Waals surface area contributed by atoms with Gasteiger partial charge in [-0.05, 0) is 12.8 Å². The van der Waals surface area contributed by atoms with Gasteiger partial charge in [0.25, 0.3) is 0 Å². The molecule has 112 valence electrons. The van der Waals surface area contributed by atoms with Crippen molar-refractivity contribution >= 4 is 10.1 Å². The summed E-state index contributed by atoms with van der Waals surface area (Å²) in [4.78, 5) is 0. The molecule has 2 N–H and O–H groups in total. The van der Waals surface area contributed by atoms with Gasteiger partial charge in [0.05, 0.1) is 23.3 Å². The zero-order valence-corrected chi connectivity index (χ0v) is 10.4. The standard InChI is InChI=1S/C9H8F3NO6S/c10-9(11,12)20(16,17)19-13-7(14)5-3-1-2-4(18-3)6(5)8(13)15/h3-4,14-15H,1-2H2. The Hall–Kier alpha value is -1.62. The Bertz CT molecular complexity index is 645. The molecule has 0 aromatic carbocycles. The van der Waals surface area contributed by atoms with Gasteiger partial charge in [0.15, 0.2) is 0 Å². The number of ether oxygens (including phenoxy) is 1. The Morgan fingerprint density at radius 2 is 1.60 bits per heavy atom. The van der Waals surface area contributed by atoms with Crippen LogP contribution in [0.25, 0.3) is 0 Å². The van der Waals surface area contributed by atoms with E-state index in [1.165, 1.54) is 0 Å². The van der Waals surface area contributed by atoms with Crippen molar-refractivity contribution in [3.63, 3.8) is 0 Å². The van der Waals surface area contributed by atoms with Gasteiger partial charge in [-0.1, -0.05) is 4.73 Å². The lowest BCUT2D eigenvalue weighted by Crippen LogP contribution is -2.32. The fourth-order valence-corrected chi connectivity index (χ4v) is 2.89. The highest BCUT2D eigenvalue weighted by Gasteiger charge is 2.52. The van der Waals surface area contributed by atoms with Gasteiger partial charge in [0.2, 0.25) is 11.8 Å². The summed E-state index contributed by atoms with van der Waals surface area (Å²) in [7, 11) is -6.00. The van der Waals surface area contributed by atoms with Gasteiger partial charge >= 0.3 is 15.6 Å². The third kappa shape index (κ3) is 1.59. The second-order valence-corrected chi connectivity index (χ2v) is 5.95. The Labute approximate surface area is 110 Å². The van der Waals surface area contributed by atoms with Crippen molar-refractivity contribution < 1.29 is 40.8 Å². The molecule has 11 heteroatoms. The molecule has 1 saturated heterocycles. The predicted molar refractivity (Wildman–Crippen MR) is 55.1 cm³/mol. The van der Waals surface area contributed by atoms with Gasteiger partial charge in [0, 0.05) is 0 Å². The summed E-state index contributed by atoms with van der Waals surface area (Å²) in [6.45, 7) is 0. The van der Waals surface area contributed by atoms with E-state index in [0.717, 1.165) is 0 Å². The highest BCUT2D eigenvalue weighted by atomic mass is 32.2. The smallest absolute Gasteiger partial charge is 0.492 e. The van der Waals surface area contributed by atoms with Crippen LogP contribution < -0.4 is 4.28 Å². The topological polar surface area (TPSA) is 98.0 Å². The molecule has 7 nitrogen and oxygen atoms in total. The number of fused-ring (bicyclic) bond motifs is 5. The maximum atomic E-state index is 12.2. The molecule has 1 aromatic heterocycles. The van der Waals surface area contributed by atoms with Crippen LogP contribution in [0.2, 0.25) is 0 Å². The molecule has 1 fully saturated rings. The SMILES string of the molecule is O=S(=O)(On1c(O)c2c(c1O)C1CCC2O1)C(F)(F)F. The van der Waals surface area contributed by atoms with Crippen LogP contribution in [0.15, 0.2) is 0 Å². The van der Waals surface area contributed by atoms with Crippen molar-refractivity contribution in [2.24, 2.45) is 0 Å². The van der Waals surface area contributed by atoms with E-state index in [-0.39, 0.29) is 15.9 Å². The van der Waals surface area contributed by atoms with Crippen LogP contribution in [0, 0.1) is 0 Å². The first-order chi connectivity index (χ1) is 9.13. The number of halogens is 3. The van der Waals surface area contributed by atoms with Crippen LogP contribution in [0.5, 0.6) is 11.8 Å². The fourth-order valence-electron chi connectivity index (χ4n) is 2.47. The maximum absolute atomic E-state index is 12.2. The molecule has 2 unspecified atom stereocenters. The number of hydrogen-bond donors (Lipinski definition) is 2. The lowest BCUT2D eigenvalue weighted by molar-refractivity contribution is -0.0555. The lowest BCUT2D eigenvalue weighted by Gasteiger charge is -2.12. The van der Waals surface area contributed by atoms with E-state index in [2.05, 4.69) is 4.28 Å². The molecule has 2 bridgehead atoms. The molecule has 2 aliphatic heterocycles. The van der Waals surface area contributed by atoms with Crippen LogP contribution in [-0.4, -0.2) is 28.9 Å². The second kappa shape index (κ2) is 3.73. The number of alkyl halides is 3. The molecular formula is C9H8F3NO6S. The van der Waals surface area contributed by atoms with Gasteiger partial charge in [-0.2, -0.15) is 21.6 Å². The normalized spacial score (nSPS) is 24.9. The van der Waals surface area contributed by atoms with E-state index < -0.39 is 39.6 Å². The van der Waals surface area contributed by atoms with Crippen LogP contribution in [-0.2, 0) is 14.9 Å². The summed E-state index contributed by atoms with van der Waals surface area (Å²) >= 11 is 0. The monoisotopic (exact) mass is 315 g/mol. The number of rotatable bonds is 2. The zero-order valence-electron chi connectivity index (χ0n) is 9.59. The molecule has 0 amide bonds. The molecule has 0 radical (unpaired) electrons. The van der Waals surface area contributed by atoms with Crippen LogP contribution in [0.3, 0.4) is 0 Å². The van der Waals surface area contributed by atoms with Gasteiger partial charge in [-0.15, -0.1) is 0 Å². The average molecular weight is 315 g/mol. The van der Waals surface area contributed by atoms with Crippen LogP contribution in [0.1, 0.15) is 36.2 Å². The van der Waals surface area contributed by atoms with E-state index in [4.69, 9.17) is 4.74 Å². The molecule has 3 rings (SSSR count). The maximum Gasteiger partial charge on any atom is 0.536 e. The Morgan fingerprint density at radius 1 is 1.15 bits per heavy atom. The van der Waals surface area contributed by atoms with Crippen molar-refractivity contribution in [3.8, 4) is 11.8 Å². The minimum atomic E-state index is -6.00. The Balaban J connectivity index is 2.06. The summed E-state index contributed by atoms with van der Waals surface area (Å²) in [5.41, 5.74) is -5.54. The Kier molecular flexibility index (Phi) is 2.49. The van der Waals surface area contributed by atoms with E-state index in [0.29, 0.717) is 12.8 Å². The van der Waals surface area contributed by atoms with Gasteiger partial charge < -0.3 is 14.9 Å². The largest absolute Gasteiger partial charge is 0.536 e. The van der Waals surface area contributed by atoms with Crippen molar-refractivity contribution in [2.45, 2.75) is 30.6 Å². The number of aromatic hydroxyl groups is 2. The zero-order chi connectivity index (χ0) is 14.9. The highest BCUT2D eigenvalue weighted by molar-refractivity contribution is 7.87. The molecule has 0 spiro atoms. The Morgan fingerprint density at radius 3 is 2.00 bits per heavy atom. The number of nitrogens with zero attached hydrogens (tertiary/aromatic N) is 1. The summed E-state index contributed by atoms with van der Waals surface area (Å²) in [6.07, 6.45) is -0.139. The van der Waals surface area contributed by atoms with Gasteiger partial charge in [0.1, 0.15) is 0 Å². The first kappa shape index (κ1) is 13.4. The van der Waals surface area contributed by atoms with Crippen molar-refractivity contribution in [2.75, 3.05) is 0 Å². The van der Waals surface area contributed by atoms with Crippen molar-refractivity contribution in [1.82, 2.24) is 4.73 Å². The summed E-state index contributed by atoms with van der Waals surface area (Å²) in [6, 6.07) is 0. The van der Waals surface area contributed by atoms with E-state index >= 15 is 0 Å². The minimum Gasteiger partial charge on any atom is -0.492 e. The molecule has 2 aliphatic rings. The van der Waals surface area contributed by atoms with Crippen LogP contribution in [0.4, 0.5) is 13.2 Å². The molecular weight excluding hydrogens is 307 g/mol. The number of hydrogen-bond acceptors (Lipinski definition) is 6. The fraction of sp³-hybridized carbons (Fsp3) is 0.556. The average Bonchev–Trinajstić information content (AvgIpc) is 2.97. The third-order valence-electron chi connectivity index (χ3n) is 3.28. The number of aromatic nitrogens is 1. The summed E-state index contributed by atoms with van der Waals surface area (Å²) in [5, 5.41) is 19.5. The van der Waals surface area contributed by atoms with Crippen LogP contribution >= 0.6 is 0 Å². The molecule has 0 saturated carbocycles.